The van der Waals surface area contributed by atoms with Crippen LogP contribution in [0.4, 0.5) is 0 Å². The van der Waals surface area contributed by atoms with Crippen molar-refractivity contribution in [3.63, 3.8) is 0 Å². The summed E-state index contributed by atoms with van der Waals surface area (Å²) >= 11 is 0. The molecule has 1 amide bonds. The molecule has 3 aromatic carbocycles. The van der Waals surface area contributed by atoms with Crippen molar-refractivity contribution in [1.29, 1.82) is 0 Å². The van der Waals surface area contributed by atoms with E-state index in [4.69, 9.17) is 18.9 Å². The molecule has 3 aromatic rings. The summed E-state index contributed by atoms with van der Waals surface area (Å²) in [5, 5.41) is 52.7. The van der Waals surface area contributed by atoms with Gasteiger partial charge in [0.25, 0.3) is 5.91 Å². The number of ether oxygens (including phenoxy) is 4. The van der Waals surface area contributed by atoms with Crippen molar-refractivity contribution in [1.82, 2.24) is 5.32 Å². The molecular formula is C47H53Ac2NO13. The van der Waals surface area contributed by atoms with Gasteiger partial charge in [-0.05, 0) is 61.2 Å². The Bertz CT molecular complexity index is 2210. The Morgan fingerprint density at radius 2 is 1.43 bits per heavy atom. The standard InChI is InChI=1S/C47H53NO13.2Ac/c1-6-16-33(50)60-37(35(27-17-10-7-11-18-27)48-41(53)28-19-12-8-13-20-28)43(55)59-30-24-47(57)40(61-42(54)29-21-14-9-15-22-29)38-45(5,31(49)23-32-46(38,56)25-58-32)39(52)36(51)34(26(30)2)44(47,3)4;;/h7-15,17-22,30-32,35-38,40,49,51,56-57H,6,16,23-25H2,1-5H3,(H,48,53);;/t30?,31?,32?,35?,36?,37?,38?,40?,45-,46+,47?;;/m1../s1. The zero-order valence-electron chi connectivity index (χ0n) is 35.9. The Morgan fingerprint density at radius 1 is 0.857 bits per heavy atom. The second-order valence-corrected chi connectivity index (χ2v) is 17.4. The average molecular weight is 1290 g/mol. The molecule has 0 aromatic heterocycles. The number of carbonyl (C=O) groups excluding carboxylic acids is 5. The van der Waals surface area contributed by atoms with Gasteiger partial charge < -0.3 is 44.7 Å². The Labute approximate surface area is 438 Å². The van der Waals surface area contributed by atoms with E-state index in [-0.39, 0.29) is 130 Å². The molecule has 9 unspecified atom stereocenters. The molecule has 1 heterocycles. The van der Waals surface area contributed by atoms with Crippen molar-refractivity contribution in [2.24, 2.45) is 16.7 Å². The van der Waals surface area contributed by atoms with E-state index in [0.717, 1.165) is 0 Å². The smallest absolute Gasteiger partial charge is 0.350 e. The number of fused-ring (bicyclic) bond motifs is 5. The van der Waals surface area contributed by atoms with Crippen LogP contribution >= 0.6 is 0 Å². The first kappa shape index (κ1) is 51.6. The SMILES string of the molecule is CCCC(=O)OC(C(=O)OC1CC2(O)C(OC(=O)c3ccccc3)C3[C@]4(O)COC4CC(O)[C@@]3(C)C(=O)C(O)C(=C1C)C2(C)C)C(NC(=O)c1ccccc1)c1ccccc1.[Ac].[Ac]. The molecule has 5 N–H and O–H groups in total. The van der Waals surface area contributed by atoms with Crippen LogP contribution in [0.1, 0.15) is 92.6 Å². The second-order valence-electron chi connectivity index (χ2n) is 17.4. The van der Waals surface area contributed by atoms with Crippen LogP contribution in [0, 0.1) is 105 Å². The van der Waals surface area contributed by atoms with E-state index in [1.165, 1.54) is 26.0 Å². The van der Waals surface area contributed by atoms with Gasteiger partial charge in [-0.3, -0.25) is 14.4 Å². The summed E-state index contributed by atoms with van der Waals surface area (Å²) in [7, 11) is 0. The number of aliphatic hydroxyl groups is 4. The van der Waals surface area contributed by atoms with Gasteiger partial charge in [0.2, 0.25) is 6.10 Å². The maximum Gasteiger partial charge on any atom is 0.350 e. The van der Waals surface area contributed by atoms with Gasteiger partial charge in [-0.2, -0.15) is 0 Å². The number of esters is 3. The monoisotopic (exact) mass is 1290 g/mol. The molecule has 4 aliphatic rings. The fraction of sp³-hybridized carbons (Fsp3) is 0.468. The Balaban J connectivity index is 0.00000374. The second kappa shape index (κ2) is 20.2. The van der Waals surface area contributed by atoms with Crippen molar-refractivity contribution in [3.8, 4) is 0 Å². The summed E-state index contributed by atoms with van der Waals surface area (Å²) in [5.41, 5.74) is -6.99. The van der Waals surface area contributed by atoms with Gasteiger partial charge in [-0.25, -0.2) is 9.59 Å². The molecule has 16 heteroatoms. The molecule has 0 spiro atoms. The van der Waals surface area contributed by atoms with Gasteiger partial charge in [-0.15, -0.1) is 0 Å². The molecule has 63 heavy (non-hydrogen) atoms. The number of ketones is 1. The molecule has 14 nitrogen and oxygen atoms in total. The summed E-state index contributed by atoms with van der Waals surface area (Å²) in [6.45, 7) is 7.46. The zero-order valence-corrected chi connectivity index (χ0v) is 45.4. The topological polar surface area (TPSA) is 215 Å². The van der Waals surface area contributed by atoms with E-state index in [0.29, 0.717) is 12.0 Å². The molecule has 2 bridgehead atoms. The fourth-order valence-corrected chi connectivity index (χ4v) is 10.0. The Morgan fingerprint density at radius 3 is 1.98 bits per heavy atom. The van der Waals surface area contributed by atoms with Crippen LogP contribution < -0.4 is 5.32 Å². The first-order valence-electron chi connectivity index (χ1n) is 20.6. The van der Waals surface area contributed by atoms with Gasteiger partial charge in [0.15, 0.2) is 5.78 Å². The summed E-state index contributed by atoms with van der Waals surface area (Å²) in [6, 6.07) is 23.3. The van der Waals surface area contributed by atoms with Crippen molar-refractivity contribution in [3.05, 3.63) is 119 Å². The molecule has 7 rings (SSSR count). The minimum atomic E-state index is -2.34. The van der Waals surface area contributed by atoms with Gasteiger partial charge >= 0.3 is 17.9 Å². The minimum Gasteiger partial charge on any atom is -0.455 e. The van der Waals surface area contributed by atoms with Crippen molar-refractivity contribution in [2.45, 2.75) is 114 Å². The van der Waals surface area contributed by atoms with E-state index in [9.17, 15) is 44.4 Å². The summed E-state index contributed by atoms with van der Waals surface area (Å²) in [4.78, 5) is 70.7. The molecule has 2 radical (unpaired) electrons. The van der Waals surface area contributed by atoms with Crippen molar-refractivity contribution >= 4 is 29.6 Å². The van der Waals surface area contributed by atoms with Crippen LogP contribution in [-0.4, -0.2) is 104 Å². The number of Topliss-reactive ketones (excluding diaryl/α,β-unsaturated/α-hetero) is 1. The van der Waals surface area contributed by atoms with E-state index >= 15 is 0 Å². The van der Waals surface area contributed by atoms with E-state index < -0.39 is 107 Å². The fourth-order valence-electron chi connectivity index (χ4n) is 10.0. The van der Waals surface area contributed by atoms with Gasteiger partial charge in [0.1, 0.15) is 35.6 Å². The number of hydrogen-bond acceptors (Lipinski definition) is 13. The number of rotatable bonds is 11. The van der Waals surface area contributed by atoms with Crippen LogP contribution in [0.2, 0.25) is 0 Å². The molecule has 3 fully saturated rings. The Hall–Kier alpha value is -2.37. The maximum absolute atomic E-state index is 14.9. The van der Waals surface area contributed by atoms with Crippen LogP contribution in [-0.2, 0) is 33.3 Å². The molecule has 1 saturated heterocycles. The first-order valence-corrected chi connectivity index (χ1v) is 20.6. The van der Waals surface area contributed by atoms with Crippen LogP contribution in [0.25, 0.3) is 0 Å². The predicted octanol–water partition coefficient (Wildman–Crippen LogP) is 3.95. The van der Waals surface area contributed by atoms with Crippen LogP contribution in [0.15, 0.2) is 102 Å². The molecule has 3 aliphatic carbocycles. The van der Waals surface area contributed by atoms with E-state index in [1.54, 1.807) is 99.6 Å². The number of hydrogen-bond donors (Lipinski definition) is 5. The van der Waals surface area contributed by atoms with Gasteiger partial charge in [-0.1, -0.05) is 87.5 Å². The minimum absolute atomic E-state index is 0. The molecule has 1 aliphatic heterocycles. The zero-order chi connectivity index (χ0) is 44.1. The largest absolute Gasteiger partial charge is 0.455 e. The van der Waals surface area contributed by atoms with Crippen molar-refractivity contribution in [2.75, 3.05) is 6.61 Å². The third kappa shape index (κ3) is 9.21. The number of benzene rings is 3. The predicted molar refractivity (Wildman–Crippen MR) is 217 cm³/mol. The van der Waals surface area contributed by atoms with Gasteiger partial charge in [0.05, 0.1) is 29.8 Å². The molecular weight excluding hydrogens is 1240 g/mol. The summed E-state index contributed by atoms with van der Waals surface area (Å²) in [6.07, 6.45) is -9.94. The molecule has 330 valence electrons. The van der Waals surface area contributed by atoms with Crippen molar-refractivity contribution < 1.29 is 151 Å². The van der Waals surface area contributed by atoms with Gasteiger partial charge in [0, 0.05) is 124 Å². The number of aliphatic hydroxyl groups excluding tert-OH is 2. The first-order chi connectivity index (χ1) is 28.9. The number of carbonyl (C=O) groups is 5. The average Bonchev–Trinajstić information content (AvgIpc) is 3.24. The quantitative estimate of drug-likeness (QED) is 0.105. The summed E-state index contributed by atoms with van der Waals surface area (Å²) in [5.74, 6) is -5.81. The Kier molecular flexibility index (Phi) is 16.6. The molecule has 11 atom stereocenters. The van der Waals surface area contributed by atoms with Crippen LogP contribution in [0.3, 0.4) is 0 Å². The van der Waals surface area contributed by atoms with E-state index in [2.05, 4.69) is 5.32 Å². The third-order valence-electron chi connectivity index (χ3n) is 13.6. The summed E-state index contributed by atoms with van der Waals surface area (Å²) < 4.78 is 24.0. The van der Waals surface area contributed by atoms with Crippen LogP contribution in [0.5, 0.6) is 0 Å². The molecule has 2 saturated carbocycles. The normalized spacial score (nSPS) is 31.3. The number of nitrogens with one attached hydrogen (secondary N) is 1. The maximum atomic E-state index is 14.9. The third-order valence-corrected chi connectivity index (χ3v) is 13.6. The van der Waals surface area contributed by atoms with E-state index in [1.807, 2.05) is 0 Å². The number of amides is 1.